The lowest BCUT2D eigenvalue weighted by molar-refractivity contribution is -0.161. The summed E-state index contributed by atoms with van der Waals surface area (Å²) in [5, 5.41) is 1.90. The second-order valence-corrected chi connectivity index (χ2v) is 14.5. The Hall–Kier alpha value is -0.830. The van der Waals surface area contributed by atoms with Crippen molar-refractivity contribution < 1.29 is 19.1 Å². The maximum atomic E-state index is 12.7. The zero-order chi connectivity index (χ0) is 28.2. The molecule has 0 spiro atoms. The minimum absolute atomic E-state index is 0.0666. The fourth-order valence-corrected chi connectivity index (χ4v) is 6.60. The fourth-order valence-electron chi connectivity index (χ4n) is 6.44. The number of hydrazine groups is 1. The van der Waals surface area contributed by atoms with Crippen molar-refractivity contribution in [2.24, 2.45) is 11.8 Å². The molecule has 216 valence electrons. The van der Waals surface area contributed by atoms with Crippen LogP contribution in [0.2, 0.25) is 0 Å². The van der Waals surface area contributed by atoms with Crippen LogP contribution in [0.4, 0.5) is 0 Å². The molecule has 2 saturated heterocycles. The lowest BCUT2D eigenvalue weighted by Gasteiger charge is -2.52. The van der Waals surface area contributed by atoms with Gasteiger partial charge in [0.15, 0.2) is 0 Å². The number of hydrogen-bond acceptors (Lipinski definition) is 8. The average Bonchev–Trinajstić information content (AvgIpc) is 2.74. The molecule has 0 amide bonds. The Kier molecular flexibility index (Phi) is 11.0. The number of carbonyl (C=O) groups excluding carboxylic acids is 2. The first-order chi connectivity index (χ1) is 16.9. The molecule has 0 aromatic carbocycles. The van der Waals surface area contributed by atoms with E-state index in [0.717, 1.165) is 64.2 Å². The van der Waals surface area contributed by atoms with Crippen molar-refractivity contribution in [3.8, 4) is 0 Å². The van der Waals surface area contributed by atoms with Gasteiger partial charge in [0.2, 0.25) is 0 Å². The third kappa shape index (κ3) is 9.11. The van der Waals surface area contributed by atoms with Gasteiger partial charge in [0.05, 0.1) is 5.92 Å². The van der Waals surface area contributed by atoms with E-state index >= 15 is 0 Å². The average molecular weight is 542 g/mol. The van der Waals surface area contributed by atoms with Gasteiger partial charge < -0.3 is 9.47 Å². The standard InChI is InChI=1S/C29H55N3O4S/c1-21(25(34)36-23-19-28(6,7)32(37)29(8,9)20-23)15-13-11-10-12-14-16-24(33)35-22-17-26(2,3)31(30)27(4,5)18-22/h21-23,37H,10-20,30H2,1-9H3. The van der Waals surface area contributed by atoms with Crippen LogP contribution >= 0.6 is 12.8 Å². The first-order valence-electron chi connectivity index (χ1n) is 14.3. The maximum absolute atomic E-state index is 12.7. The molecule has 2 rings (SSSR count). The summed E-state index contributed by atoms with van der Waals surface area (Å²) in [7, 11) is 0. The van der Waals surface area contributed by atoms with Crippen molar-refractivity contribution in [1.29, 1.82) is 0 Å². The molecule has 0 saturated carbocycles. The molecular formula is C29H55N3O4S. The topological polar surface area (TPSA) is 85.1 Å². The van der Waals surface area contributed by atoms with Crippen LogP contribution in [-0.4, -0.2) is 55.6 Å². The van der Waals surface area contributed by atoms with Gasteiger partial charge in [-0.25, -0.2) is 9.31 Å². The highest BCUT2D eigenvalue weighted by Gasteiger charge is 2.46. The molecule has 2 aliphatic heterocycles. The van der Waals surface area contributed by atoms with E-state index in [2.05, 4.69) is 59.7 Å². The van der Waals surface area contributed by atoms with Gasteiger partial charge in [-0.3, -0.25) is 15.4 Å². The van der Waals surface area contributed by atoms with E-state index in [1.807, 2.05) is 11.9 Å². The van der Waals surface area contributed by atoms with Crippen LogP contribution in [0.1, 0.15) is 133 Å². The van der Waals surface area contributed by atoms with Gasteiger partial charge in [0.1, 0.15) is 12.2 Å². The van der Waals surface area contributed by atoms with Crippen LogP contribution in [0.15, 0.2) is 0 Å². The third-order valence-corrected chi connectivity index (χ3v) is 9.44. The normalized spacial score (nSPS) is 24.9. The number of unbranched alkanes of at least 4 members (excludes halogenated alkanes) is 4. The summed E-state index contributed by atoms with van der Waals surface area (Å²) in [6.07, 6.45) is 9.20. The summed E-state index contributed by atoms with van der Waals surface area (Å²) in [6.45, 7) is 19.0. The number of esters is 2. The highest BCUT2D eigenvalue weighted by atomic mass is 32.1. The molecule has 2 fully saturated rings. The van der Waals surface area contributed by atoms with Crippen molar-refractivity contribution in [3.05, 3.63) is 0 Å². The predicted molar refractivity (Wildman–Crippen MR) is 153 cm³/mol. The SMILES string of the molecule is CC(CCCCCCCC(=O)OC1CC(C)(C)N(N)C(C)(C)C1)C(=O)OC1CC(C)(C)N(S)C(C)(C)C1. The Morgan fingerprint density at radius 1 is 0.784 bits per heavy atom. The summed E-state index contributed by atoms with van der Waals surface area (Å²) < 4.78 is 13.8. The van der Waals surface area contributed by atoms with Gasteiger partial charge in [-0.1, -0.05) is 45.4 Å². The molecule has 2 aliphatic rings. The number of hydrogen-bond donors (Lipinski definition) is 2. The van der Waals surface area contributed by atoms with Crippen LogP contribution in [0.25, 0.3) is 0 Å². The van der Waals surface area contributed by atoms with Crippen LogP contribution in [0.5, 0.6) is 0 Å². The second-order valence-electron chi connectivity index (χ2n) is 14.1. The molecule has 7 nitrogen and oxygen atoms in total. The zero-order valence-corrected chi connectivity index (χ0v) is 26.0. The Balaban J connectivity index is 1.60. The number of ether oxygens (including phenoxy) is 2. The highest BCUT2D eigenvalue weighted by Crippen LogP contribution is 2.41. The molecule has 2 N–H and O–H groups in total. The van der Waals surface area contributed by atoms with Gasteiger partial charge in [-0.05, 0) is 68.2 Å². The highest BCUT2D eigenvalue weighted by molar-refractivity contribution is 7.77. The van der Waals surface area contributed by atoms with E-state index in [-0.39, 0.29) is 52.2 Å². The Morgan fingerprint density at radius 2 is 1.22 bits per heavy atom. The second kappa shape index (κ2) is 12.6. The summed E-state index contributed by atoms with van der Waals surface area (Å²) in [5.74, 6) is 6.00. The van der Waals surface area contributed by atoms with Gasteiger partial charge >= 0.3 is 11.9 Å². The number of carbonyl (C=O) groups is 2. The van der Waals surface area contributed by atoms with E-state index in [1.165, 1.54) is 0 Å². The van der Waals surface area contributed by atoms with Crippen molar-refractivity contribution in [2.45, 2.75) is 167 Å². The fraction of sp³-hybridized carbons (Fsp3) is 0.931. The Labute approximate surface area is 232 Å². The minimum atomic E-state index is -0.201. The monoisotopic (exact) mass is 541 g/mol. The molecular weight excluding hydrogens is 486 g/mol. The van der Waals surface area contributed by atoms with Crippen molar-refractivity contribution in [3.63, 3.8) is 0 Å². The zero-order valence-electron chi connectivity index (χ0n) is 25.1. The van der Waals surface area contributed by atoms with E-state index in [1.54, 1.807) is 0 Å². The van der Waals surface area contributed by atoms with E-state index in [4.69, 9.17) is 28.1 Å². The van der Waals surface area contributed by atoms with Gasteiger partial charge in [-0.2, -0.15) is 0 Å². The lowest BCUT2D eigenvalue weighted by Crippen LogP contribution is -2.65. The molecule has 0 aliphatic carbocycles. The van der Waals surface area contributed by atoms with E-state index in [0.29, 0.717) is 6.42 Å². The number of piperidine rings is 2. The summed E-state index contributed by atoms with van der Waals surface area (Å²) in [6, 6.07) is 0. The van der Waals surface area contributed by atoms with Crippen molar-refractivity contribution in [1.82, 2.24) is 9.31 Å². The Bertz CT molecular complexity index is 747. The maximum Gasteiger partial charge on any atom is 0.308 e. The van der Waals surface area contributed by atoms with E-state index < -0.39 is 0 Å². The van der Waals surface area contributed by atoms with Crippen LogP contribution in [0.3, 0.4) is 0 Å². The summed E-state index contributed by atoms with van der Waals surface area (Å²) in [5.41, 5.74) is -0.650. The number of nitrogens with two attached hydrogens (primary N) is 1. The molecule has 0 aromatic rings. The van der Waals surface area contributed by atoms with E-state index in [9.17, 15) is 9.59 Å². The number of nitrogens with zero attached hydrogens (tertiary/aromatic N) is 2. The van der Waals surface area contributed by atoms with Crippen molar-refractivity contribution in [2.75, 3.05) is 0 Å². The number of rotatable bonds is 11. The molecule has 0 bridgehead atoms. The van der Waals surface area contributed by atoms with Gasteiger partial charge in [0.25, 0.3) is 0 Å². The quantitative estimate of drug-likeness (QED) is 0.139. The number of thiol groups is 1. The van der Waals surface area contributed by atoms with Crippen LogP contribution in [-0.2, 0) is 19.1 Å². The molecule has 37 heavy (non-hydrogen) atoms. The van der Waals surface area contributed by atoms with Crippen molar-refractivity contribution >= 4 is 24.8 Å². The minimum Gasteiger partial charge on any atom is -0.462 e. The Morgan fingerprint density at radius 3 is 1.76 bits per heavy atom. The summed E-state index contributed by atoms with van der Waals surface area (Å²) >= 11 is 4.69. The lowest BCUT2D eigenvalue weighted by atomic mass is 9.80. The van der Waals surface area contributed by atoms with Crippen LogP contribution in [0, 0.1) is 5.92 Å². The van der Waals surface area contributed by atoms with Crippen LogP contribution < -0.4 is 5.84 Å². The molecule has 8 heteroatoms. The summed E-state index contributed by atoms with van der Waals surface area (Å²) in [4.78, 5) is 25.1. The molecule has 1 unspecified atom stereocenters. The molecule has 2 heterocycles. The molecule has 1 atom stereocenters. The predicted octanol–water partition coefficient (Wildman–Crippen LogP) is 6.20. The first kappa shape index (κ1) is 32.4. The molecule has 0 radical (unpaired) electrons. The first-order valence-corrected chi connectivity index (χ1v) is 14.7. The van der Waals surface area contributed by atoms with Gasteiger partial charge in [0, 0.05) is 54.3 Å². The largest absolute Gasteiger partial charge is 0.462 e. The molecule has 0 aromatic heterocycles. The third-order valence-electron chi connectivity index (χ3n) is 8.36. The van der Waals surface area contributed by atoms with Gasteiger partial charge in [-0.15, -0.1) is 0 Å². The smallest absolute Gasteiger partial charge is 0.308 e.